The van der Waals surface area contributed by atoms with Gasteiger partial charge < -0.3 is 10.1 Å². The van der Waals surface area contributed by atoms with Gasteiger partial charge in [0, 0.05) is 11.4 Å². The van der Waals surface area contributed by atoms with Gasteiger partial charge in [0.1, 0.15) is 11.6 Å². The molecule has 2 aromatic carbocycles. The quantitative estimate of drug-likeness (QED) is 0.661. The van der Waals surface area contributed by atoms with Crippen LogP contribution in [0.4, 0.5) is 5.69 Å². The van der Waals surface area contributed by atoms with Gasteiger partial charge in [-0.15, -0.1) is 10.2 Å². The lowest BCUT2D eigenvalue weighted by Gasteiger charge is -2.09. The number of carbonyl (C=O) groups is 1. The Morgan fingerprint density at radius 3 is 2.74 bits per heavy atom. The molecule has 0 aliphatic carbocycles. The van der Waals surface area contributed by atoms with E-state index in [1.54, 1.807) is 31.4 Å². The van der Waals surface area contributed by atoms with E-state index in [9.17, 15) is 4.79 Å². The van der Waals surface area contributed by atoms with Crippen molar-refractivity contribution in [2.24, 2.45) is 0 Å². The summed E-state index contributed by atoms with van der Waals surface area (Å²) in [5, 5.41) is 20.6. The molecule has 1 aromatic heterocycles. The van der Waals surface area contributed by atoms with E-state index in [0.717, 1.165) is 17.3 Å². The smallest absolute Gasteiger partial charge is 0.234 e. The number of nitrogens with one attached hydrogen (secondary N) is 1. The molecule has 0 radical (unpaired) electrons. The van der Waals surface area contributed by atoms with Crippen LogP contribution in [-0.4, -0.2) is 33.5 Å². The molecule has 1 heterocycles. The molecule has 0 aliphatic rings. The third-order valence-electron chi connectivity index (χ3n) is 3.73. The molecular formula is C19H17N5O2S. The van der Waals surface area contributed by atoms with Crippen LogP contribution in [-0.2, 0) is 4.79 Å². The van der Waals surface area contributed by atoms with E-state index in [0.29, 0.717) is 16.4 Å². The Bertz CT molecular complexity index is 992. The Labute approximate surface area is 161 Å². The van der Waals surface area contributed by atoms with Crippen LogP contribution in [0.25, 0.3) is 5.69 Å². The number of nitrogens with zero attached hydrogens (tertiary/aromatic N) is 4. The van der Waals surface area contributed by atoms with Crippen LogP contribution in [0, 0.1) is 18.3 Å². The minimum Gasteiger partial charge on any atom is -0.497 e. The summed E-state index contributed by atoms with van der Waals surface area (Å²) in [7, 11) is 1.62. The molecule has 3 aromatic rings. The number of hydrogen-bond acceptors (Lipinski definition) is 6. The highest BCUT2D eigenvalue weighted by atomic mass is 32.2. The second-order valence-corrected chi connectivity index (χ2v) is 6.54. The van der Waals surface area contributed by atoms with Gasteiger partial charge in [0.05, 0.1) is 24.5 Å². The third kappa shape index (κ3) is 4.46. The van der Waals surface area contributed by atoms with Crippen molar-refractivity contribution < 1.29 is 9.53 Å². The summed E-state index contributed by atoms with van der Waals surface area (Å²) in [5.74, 6) is 1.48. The van der Waals surface area contributed by atoms with Crippen LogP contribution in [0.15, 0.2) is 53.7 Å². The molecule has 0 atom stereocenters. The molecule has 7 nitrogen and oxygen atoms in total. The minimum absolute atomic E-state index is 0.172. The number of hydrogen-bond donors (Lipinski definition) is 1. The van der Waals surface area contributed by atoms with Crippen LogP contribution < -0.4 is 10.1 Å². The molecule has 0 fully saturated rings. The molecule has 0 saturated carbocycles. The first-order valence-electron chi connectivity index (χ1n) is 8.10. The van der Waals surface area contributed by atoms with Gasteiger partial charge in [-0.3, -0.25) is 9.36 Å². The molecular weight excluding hydrogens is 362 g/mol. The van der Waals surface area contributed by atoms with E-state index < -0.39 is 0 Å². The highest BCUT2D eigenvalue weighted by Crippen LogP contribution is 2.23. The van der Waals surface area contributed by atoms with Crippen molar-refractivity contribution in [1.82, 2.24) is 14.8 Å². The molecule has 0 aliphatic heterocycles. The lowest BCUT2D eigenvalue weighted by Crippen LogP contribution is -2.14. The summed E-state index contributed by atoms with van der Waals surface area (Å²) in [6.45, 7) is 1.86. The maximum Gasteiger partial charge on any atom is 0.234 e. The topological polar surface area (TPSA) is 92.8 Å². The standard InChI is InChI=1S/C19H17N5O2S/c1-13-22-23-19(24(13)16-6-8-17(26-2)9-7-16)27-12-18(25)21-15-5-3-4-14(10-15)11-20/h3-10H,12H2,1-2H3,(H,21,25). The lowest BCUT2D eigenvalue weighted by molar-refractivity contribution is -0.113. The van der Waals surface area contributed by atoms with Crippen LogP contribution in [0.2, 0.25) is 0 Å². The highest BCUT2D eigenvalue weighted by molar-refractivity contribution is 7.99. The Hall–Kier alpha value is -3.31. The van der Waals surface area contributed by atoms with E-state index in [-0.39, 0.29) is 11.7 Å². The van der Waals surface area contributed by atoms with Crippen molar-refractivity contribution in [3.05, 3.63) is 59.9 Å². The van der Waals surface area contributed by atoms with Crippen molar-refractivity contribution in [3.63, 3.8) is 0 Å². The zero-order valence-electron chi connectivity index (χ0n) is 14.8. The van der Waals surface area contributed by atoms with Gasteiger partial charge in [0.2, 0.25) is 5.91 Å². The molecule has 1 amide bonds. The third-order valence-corrected chi connectivity index (χ3v) is 4.66. The summed E-state index contributed by atoms with van der Waals surface area (Å²) in [6, 6.07) is 16.4. The Morgan fingerprint density at radius 2 is 2.04 bits per heavy atom. The summed E-state index contributed by atoms with van der Waals surface area (Å²) >= 11 is 1.29. The fraction of sp³-hybridized carbons (Fsp3) is 0.158. The molecule has 0 spiro atoms. The SMILES string of the molecule is COc1ccc(-n2c(C)nnc2SCC(=O)Nc2cccc(C#N)c2)cc1. The number of aryl methyl sites for hydroxylation is 1. The number of thioether (sulfide) groups is 1. The van der Waals surface area contributed by atoms with Crippen molar-refractivity contribution in [1.29, 1.82) is 5.26 Å². The van der Waals surface area contributed by atoms with E-state index in [1.807, 2.05) is 41.8 Å². The second-order valence-electron chi connectivity index (χ2n) is 5.59. The lowest BCUT2D eigenvalue weighted by atomic mass is 10.2. The normalized spacial score (nSPS) is 10.3. The van der Waals surface area contributed by atoms with Gasteiger partial charge in [-0.05, 0) is 49.4 Å². The summed E-state index contributed by atoms with van der Waals surface area (Å²) < 4.78 is 7.06. The largest absolute Gasteiger partial charge is 0.497 e. The van der Waals surface area contributed by atoms with Crippen molar-refractivity contribution in [2.75, 3.05) is 18.2 Å². The fourth-order valence-electron chi connectivity index (χ4n) is 2.46. The highest BCUT2D eigenvalue weighted by Gasteiger charge is 2.13. The number of amides is 1. The number of anilines is 1. The van der Waals surface area contributed by atoms with Gasteiger partial charge in [-0.25, -0.2) is 0 Å². The van der Waals surface area contributed by atoms with Crippen LogP contribution in [0.1, 0.15) is 11.4 Å². The number of benzene rings is 2. The number of carbonyl (C=O) groups excluding carboxylic acids is 1. The van der Waals surface area contributed by atoms with Gasteiger partial charge >= 0.3 is 0 Å². The monoisotopic (exact) mass is 379 g/mol. The number of aromatic nitrogens is 3. The molecule has 0 saturated heterocycles. The molecule has 136 valence electrons. The van der Waals surface area contributed by atoms with E-state index in [4.69, 9.17) is 10.00 Å². The summed E-state index contributed by atoms with van der Waals surface area (Å²) in [5.41, 5.74) is 1.98. The predicted octanol–water partition coefficient (Wildman–Crippen LogP) is 3.19. The first-order chi connectivity index (χ1) is 13.1. The van der Waals surface area contributed by atoms with Crippen LogP contribution >= 0.6 is 11.8 Å². The summed E-state index contributed by atoms with van der Waals surface area (Å²) in [6.07, 6.45) is 0. The molecule has 3 rings (SSSR count). The maximum absolute atomic E-state index is 12.2. The minimum atomic E-state index is -0.183. The molecule has 1 N–H and O–H groups in total. The first-order valence-corrected chi connectivity index (χ1v) is 9.08. The predicted molar refractivity (Wildman–Crippen MR) is 103 cm³/mol. The van der Waals surface area contributed by atoms with Gasteiger partial charge in [-0.2, -0.15) is 5.26 Å². The summed E-state index contributed by atoms with van der Waals surface area (Å²) in [4.78, 5) is 12.2. The molecule has 27 heavy (non-hydrogen) atoms. The first kappa shape index (κ1) is 18.5. The zero-order valence-corrected chi connectivity index (χ0v) is 15.7. The molecule has 8 heteroatoms. The van der Waals surface area contributed by atoms with Crippen LogP contribution in [0.5, 0.6) is 5.75 Å². The van der Waals surface area contributed by atoms with Crippen LogP contribution in [0.3, 0.4) is 0 Å². The number of nitriles is 1. The van der Waals surface area contributed by atoms with Crippen molar-refractivity contribution in [3.8, 4) is 17.5 Å². The maximum atomic E-state index is 12.2. The van der Waals surface area contributed by atoms with Gasteiger partial charge in [0.15, 0.2) is 5.16 Å². The van der Waals surface area contributed by atoms with Crippen molar-refractivity contribution >= 4 is 23.4 Å². The Balaban J connectivity index is 1.69. The van der Waals surface area contributed by atoms with E-state index in [2.05, 4.69) is 15.5 Å². The molecule has 0 unspecified atom stereocenters. The fourth-order valence-corrected chi connectivity index (χ4v) is 3.26. The zero-order chi connectivity index (χ0) is 19.2. The number of methoxy groups -OCH3 is 1. The second kappa shape index (κ2) is 8.38. The number of ether oxygens (including phenoxy) is 1. The van der Waals surface area contributed by atoms with Crippen molar-refractivity contribution in [2.45, 2.75) is 12.1 Å². The Kier molecular flexibility index (Phi) is 5.74. The average molecular weight is 379 g/mol. The average Bonchev–Trinajstić information content (AvgIpc) is 3.07. The van der Waals surface area contributed by atoms with Gasteiger partial charge in [-0.1, -0.05) is 17.8 Å². The van der Waals surface area contributed by atoms with E-state index >= 15 is 0 Å². The number of rotatable bonds is 6. The van der Waals surface area contributed by atoms with Gasteiger partial charge in [0.25, 0.3) is 0 Å². The molecule has 0 bridgehead atoms. The van der Waals surface area contributed by atoms with E-state index in [1.165, 1.54) is 11.8 Å². The Morgan fingerprint density at radius 1 is 1.26 bits per heavy atom.